The van der Waals surface area contributed by atoms with Crippen LogP contribution >= 0.6 is 0 Å². The maximum absolute atomic E-state index is 11.9. The fraction of sp³-hybridized carbons (Fsp3) is 0.333. The Morgan fingerprint density at radius 1 is 1.22 bits per heavy atom. The molecule has 1 heterocycles. The van der Waals surface area contributed by atoms with Crippen molar-refractivity contribution in [3.05, 3.63) is 24.0 Å². The summed E-state index contributed by atoms with van der Waals surface area (Å²) in [5.74, 6) is -2.55. The average Bonchev–Trinajstić information content (AvgIpc) is 2.25. The second kappa shape index (κ2) is 4.65. The van der Waals surface area contributed by atoms with Gasteiger partial charge < -0.3 is 9.47 Å². The summed E-state index contributed by atoms with van der Waals surface area (Å²) in [5.41, 5.74) is 0. The number of carbonyl (C=O) groups excluding carboxylic acids is 2. The van der Waals surface area contributed by atoms with E-state index < -0.39 is 38.6 Å². The van der Waals surface area contributed by atoms with Crippen LogP contribution in [0.1, 0.15) is 13.3 Å². The summed E-state index contributed by atoms with van der Waals surface area (Å²) < 4.78 is 38.8. The highest BCUT2D eigenvalue weighted by Crippen LogP contribution is 2.35. The molecule has 9 heteroatoms. The SMILES string of the molecule is CC1(S(=O)(=O)O)CC(=O)C2=C(OC=CO2)C1=O.[Mg]. The van der Waals surface area contributed by atoms with Crippen molar-refractivity contribution in [1.29, 1.82) is 0 Å². The molecule has 0 bridgehead atoms. The minimum atomic E-state index is -4.72. The number of allylic oxidation sites excluding steroid dienone is 2. The van der Waals surface area contributed by atoms with Gasteiger partial charge >= 0.3 is 0 Å². The Balaban J connectivity index is 0.00000162. The third-order valence-corrected chi connectivity index (χ3v) is 4.11. The van der Waals surface area contributed by atoms with Gasteiger partial charge in [-0.3, -0.25) is 14.1 Å². The van der Waals surface area contributed by atoms with Gasteiger partial charge in [-0.2, -0.15) is 8.42 Å². The lowest BCUT2D eigenvalue weighted by molar-refractivity contribution is -0.129. The zero-order valence-corrected chi connectivity index (χ0v) is 11.6. The van der Waals surface area contributed by atoms with E-state index in [0.29, 0.717) is 0 Å². The van der Waals surface area contributed by atoms with Crippen LogP contribution in [0.4, 0.5) is 0 Å². The molecule has 1 atom stereocenters. The summed E-state index contributed by atoms with van der Waals surface area (Å²) in [6.07, 6.45) is 1.38. The van der Waals surface area contributed by atoms with Crippen molar-refractivity contribution >= 4 is 44.7 Å². The van der Waals surface area contributed by atoms with Gasteiger partial charge in [0.05, 0.1) is 0 Å². The molecule has 0 aromatic rings. The lowest BCUT2D eigenvalue weighted by atomic mass is 9.90. The number of carbonyl (C=O) groups is 2. The maximum Gasteiger partial charge on any atom is 0.278 e. The van der Waals surface area contributed by atoms with Crippen molar-refractivity contribution in [2.24, 2.45) is 0 Å². The molecule has 0 amide bonds. The number of ketones is 2. The van der Waals surface area contributed by atoms with Gasteiger partial charge in [-0.25, -0.2) is 0 Å². The molecule has 18 heavy (non-hydrogen) atoms. The van der Waals surface area contributed by atoms with E-state index in [1.807, 2.05) is 0 Å². The molecular formula is C9H8MgO7S. The fourth-order valence-electron chi connectivity index (χ4n) is 1.56. The Morgan fingerprint density at radius 2 is 1.72 bits per heavy atom. The number of ether oxygens (including phenoxy) is 2. The summed E-state index contributed by atoms with van der Waals surface area (Å²) >= 11 is 0. The predicted octanol–water partition coefficient (Wildman–Crippen LogP) is -0.476. The minimum absolute atomic E-state index is 0. The van der Waals surface area contributed by atoms with Crippen molar-refractivity contribution in [3.8, 4) is 0 Å². The van der Waals surface area contributed by atoms with Crippen molar-refractivity contribution in [2.75, 3.05) is 0 Å². The smallest absolute Gasteiger partial charge is 0.278 e. The Kier molecular flexibility index (Phi) is 3.91. The van der Waals surface area contributed by atoms with Gasteiger partial charge in [0.15, 0.2) is 4.75 Å². The largest absolute Gasteiger partial charge is 0.454 e. The van der Waals surface area contributed by atoms with Crippen molar-refractivity contribution in [2.45, 2.75) is 18.1 Å². The van der Waals surface area contributed by atoms with Crippen LogP contribution in [0.15, 0.2) is 24.0 Å². The van der Waals surface area contributed by atoms with Crippen LogP contribution in [0.25, 0.3) is 0 Å². The van der Waals surface area contributed by atoms with E-state index in [1.165, 1.54) is 0 Å². The van der Waals surface area contributed by atoms with E-state index in [-0.39, 0.29) is 28.8 Å². The standard InChI is InChI=1S/C9H8O7S.Mg/c1-9(17(12,13)14)4-5(10)6-7(8(9)11)16-3-2-15-6;/h2-3H,4H2,1H3,(H,12,13,14);. The van der Waals surface area contributed by atoms with Crippen LogP contribution in [0.3, 0.4) is 0 Å². The van der Waals surface area contributed by atoms with Crippen LogP contribution < -0.4 is 0 Å². The third-order valence-electron chi connectivity index (χ3n) is 2.64. The summed E-state index contributed by atoms with van der Waals surface area (Å²) in [6.45, 7) is 0.966. The first-order chi connectivity index (χ1) is 7.77. The molecule has 0 spiro atoms. The fourth-order valence-corrected chi connectivity index (χ4v) is 2.20. The Labute approximate surface area is 119 Å². The highest BCUT2D eigenvalue weighted by molar-refractivity contribution is 7.88. The van der Waals surface area contributed by atoms with Crippen LogP contribution in [-0.4, -0.2) is 52.3 Å². The normalized spacial score (nSPS) is 27.0. The van der Waals surface area contributed by atoms with Crippen molar-refractivity contribution in [1.82, 2.24) is 0 Å². The Morgan fingerprint density at radius 3 is 2.22 bits per heavy atom. The van der Waals surface area contributed by atoms with Gasteiger partial charge in [0, 0.05) is 29.5 Å². The van der Waals surface area contributed by atoms with Gasteiger partial charge in [-0.15, -0.1) is 0 Å². The molecule has 0 fully saturated rings. The first-order valence-corrected chi connectivity index (χ1v) is 5.99. The molecule has 0 aromatic heterocycles. The van der Waals surface area contributed by atoms with Crippen LogP contribution in [0.2, 0.25) is 0 Å². The van der Waals surface area contributed by atoms with E-state index in [0.717, 1.165) is 19.4 Å². The number of rotatable bonds is 1. The van der Waals surface area contributed by atoms with E-state index in [9.17, 15) is 18.0 Å². The lowest BCUT2D eigenvalue weighted by Gasteiger charge is -2.30. The number of hydrogen-bond donors (Lipinski definition) is 1. The molecule has 1 N–H and O–H groups in total. The van der Waals surface area contributed by atoms with E-state index in [4.69, 9.17) is 14.0 Å². The van der Waals surface area contributed by atoms with E-state index in [2.05, 4.69) is 0 Å². The molecular weight excluding hydrogens is 276 g/mol. The minimum Gasteiger partial charge on any atom is -0.454 e. The quantitative estimate of drug-likeness (QED) is 0.512. The predicted molar refractivity (Wildman–Crippen MR) is 58.7 cm³/mol. The van der Waals surface area contributed by atoms with Crippen molar-refractivity contribution < 1.29 is 32.0 Å². The zero-order valence-electron chi connectivity index (χ0n) is 9.37. The topological polar surface area (TPSA) is 107 Å². The molecule has 1 unspecified atom stereocenters. The molecule has 7 nitrogen and oxygen atoms in total. The molecule has 1 aliphatic carbocycles. The average molecular weight is 285 g/mol. The summed E-state index contributed by atoms with van der Waals surface area (Å²) in [7, 11) is -4.72. The molecule has 1 aliphatic heterocycles. The van der Waals surface area contributed by atoms with Crippen LogP contribution in [-0.2, 0) is 29.2 Å². The molecule has 0 saturated carbocycles. The number of hydrogen-bond acceptors (Lipinski definition) is 6. The summed E-state index contributed by atoms with van der Waals surface area (Å²) in [4.78, 5) is 23.5. The highest BCUT2D eigenvalue weighted by Gasteiger charge is 2.54. The first-order valence-electron chi connectivity index (χ1n) is 4.55. The Hall–Kier alpha value is -0.904. The molecule has 0 saturated heterocycles. The second-order valence-corrected chi connectivity index (χ2v) is 5.65. The Bertz CT molecular complexity index is 574. The van der Waals surface area contributed by atoms with Gasteiger partial charge in [-0.1, -0.05) is 0 Å². The first kappa shape index (κ1) is 15.2. The zero-order chi connectivity index (χ0) is 12.8. The second-order valence-electron chi connectivity index (χ2n) is 3.80. The van der Waals surface area contributed by atoms with Crippen LogP contribution in [0.5, 0.6) is 0 Å². The van der Waals surface area contributed by atoms with E-state index in [1.54, 1.807) is 0 Å². The van der Waals surface area contributed by atoms with E-state index >= 15 is 0 Å². The lowest BCUT2D eigenvalue weighted by Crippen LogP contribution is -2.50. The maximum atomic E-state index is 11.9. The van der Waals surface area contributed by atoms with Crippen LogP contribution in [0, 0.1) is 0 Å². The third kappa shape index (κ3) is 2.07. The van der Waals surface area contributed by atoms with Gasteiger partial charge in [-0.05, 0) is 6.92 Å². The molecule has 2 rings (SSSR count). The molecule has 0 aromatic carbocycles. The molecule has 2 radical (unpaired) electrons. The highest BCUT2D eigenvalue weighted by atomic mass is 32.2. The monoisotopic (exact) mass is 284 g/mol. The van der Waals surface area contributed by atoms with Gasteiger partial charge in [0.1, 0.15) is 12.5 Å². The van der Waals surface area contributed by atoms with Gasteiger partial charge in [0.25, 0.3) is 10.1 Å². The number of Topliss-reactive ketones (excluding diaryl/α,β-unsaturated/α-hetero) is 2. The summed E-state index contributed by atoms with van der Waals surface area (Å²) in [6, 6.07) is 0. The molecule has 2 aliphatic rings. The molecule has 94 valence electrons. The van der Waals surface area contributed by atoms with Gasteiger partial charge in [0.2, 0.25) is 23.1 Å². The summed E-state index contributed by atoms with van der Waals surface area (Å²) in [5, 5.41) is 0. The van der Waals surface area contributed by atoms with Crippen molar-refractivity contribution in [3.63, 3.8) is 0 Å².